The summed E-state index contributed by atoms with van der Waals surface area (Å²) < 4.78 is 0. The van der Waals surface area contributed by atoms with Crippen molar-refractivity contribution in [2.45, 2.75) is 32.6 Å². The van der Waals surface area contributed by atoms with E-state index in [1.807, 2.05) is 25.4 Å². The molecule has 2 fully saturated rings. The second kappa shape index (κ2) is 10.6. The van der Waals surface area contributed by atoms with Gasteiger partial charge in [-0.1, -0.05) is 30.3 Å². The summed E-state index contributed by atoms with van der Waals surface area (Å²) in [5.74, 6) is 1.74. The van der Waals surface area contributed by atoms with Crippen molar-refractivity contribution >= 4 is 23.2 Å². The molecule has 1 spiro atoms. The lowest BCUT2D eigenvalue weighted by Gasteiger charge is -2.40. The third-order valence-electron chi connectivity index (χ3n) is 7.67. The number of pyridine rings is 1. The second-order valence-electron chi connectivity index (χ2n) is 10.2. The lowest BCUT2D eigenvalue weighted by atomic mass is 9.78. The van der Waals surface area contributed by atoms with Crippen molar-refractivity contribution in [1.82, 2.24) is 30.0 Å². The zero-order valence-corrected chi connectivity index (χ0v) is 21.4. The number of carboxylic acid groups (broad SMARTS) is 1. The average Bonchev–Trinajstić information content (AvgIpc) is 3.50. The van der Waals surface area contributed by atoms with E-state index in [-0.39, 0.29) is 6.47 Å². The number of aryl methyl sites for hydroxylation is 1. The predicted octanol–water partition coefficient (Wildman–Crippen LogP) is 3.94. The van der Waals surface area contributed by atoms with Crippen LogP contribution in [0.25, 0.3) is 22.3 Å². The van der Waals surface area contributed by atoms with E-state index in [4.69, 9.17) is 24.9 Å². The number of fused-ring (bicyclic) bond motifs is 1. The monoisotopic (exact) mass is 499 g/mol. The van der Waals surface area contributed by atoms with Crippen LogP contribution in [0.15, 0.2) is 48.8 Å². The van der Waals surface area contributed by atoms with Gasteiger partial charge in [0.15, 0.2) is 5.82 Å². The molecule has 9 nitrogen and oxygen atoms in total. The molecule has 192 valence electrons. The number of nitrogens with zero attached hydrogens (tertiary/aromatic N) is 6. The van der Waals surface area contributed by atoms with Gasteiger partial charge in [0.05, 0.1) is 23.5 Å². The number of aromatic amines is 1. The third-order valence-corrected chi connectivity index (χ3v) is 7.67. The highest BCUT2D eigenvalue weighted by molar-refractivity contribution is 5.91. The van der Waals surface area contributed by atoms with Crippen LogP contribution in [0.2, 0.25) is 0 Å². The van der Waals surface area contributed by atoms with Gasteiger partial charge in [-0.25, -0.2) is 9.97 Å². The molecule has 0 amide bonds. The van der Waals surface area contributed by atoms with E-state index in [1.165, 1.54) is 37.9 Å². The summed E-state index contributed by atoms with van der Waals surface area (Å²) in [7, 11) is 2.25. The Morgan fingerprint density at radius 3 is 2.46 bits per heavy atom. The molecular weight excluding hydrogens is 466 g/mol. The number of rotatable bonds is 4. The molecule has 0 unspecified atom stereocenters. The van der Waals surface area contributed by atoms with E-state index in [0.717, 1.165) is 53.2 Å². The van der Waals surface area contributed by atoms with Gasteiger partial charge >= 0.3 is 0 Å². The molecular formula is C28H33N7O2. The lowest BCUT2D eigenvalue weighted by molar-refractivity contribution is -0.122. The summed E-state index contributed by atoms with van der Waals surface area (Å²) in [6, 6.07) is 12.7. The van der Waals surface area contributed by atoms with Crippen LogP contribution in [0, 0.1) is 12.3 Å². The van der Waals surface area contributed by atoms with Gasteiger partial charge in [0.2, 0.25) is 0 Å². The smallest absolute Gasteiger partial charge is 0.290 e. The first-order valence-corrected chi connectivity index (χ1v) is 12.7. The van der Waals surface area contributed by atoms with Gasteiger partial charge in [0.1, 0.15) is 5.82 Å². The number of aromatic nitrogens is 5. The second-order valence-corrected chi connectivity index (χ2v) is 10.2. The molecule has 5 heterocycles. The Labute approximate surface area is 216 Å². The van der Waals surface area contributed by atoms with Gasteiger partial charge in [-0.3, -0.25) is 14.9 Å². The molecule has 0 saturated carbocycles. The number of piperidine rings is 1. The van der Waals surface area contributed by atoms with Crippen LogP contribution >= 0.6 is 0 Å². The molecule has 2 saturated heterocycles. The number of hydrogen-bond acceptors (Lipinski definition) is 7. The van der Waals surface area contributed by atoms with Crippen LogP contribution in [0.1, 0.15) is 36.2 Å². The summed E-state index contributed by atoms with van der Waals surface area (Å²) >= 11 is 0. The molecule has 0 aliphatic carbocycles. The third kappa shape index (κ3) is 5.32. The molecule has 2 aliphatic rings. The molecule has 6 rings (SSSR count). The van der Waals surface area contributed by atoms with E-state index in [1.54, 1.807) is 0 Å². The molecule has 2 aliphatic heterocycles. The van der Waals surface area contributed by atoms with Crippen LogP contribution < -0.4 is 4.90 Å². The fraction of sp³-hybridized carbons (Fsp3) is 0.393. The van der Waals surface area contributed by atoms with Gasteiger partial charge in [-0.05, 0) is 56.8 Å². The molecule has 0 radical (unpaired) electrons. The summed E-state index contributed by atoms with van der Waals surface area (Å²) in [4.78, 5) is 28.1. The van der Waals surface area contributed by atoms with Crippen LogP contribution in [0.5, 0.6) is 0 Å². The van der Waals surface area contributed by atoms with E-state index in [9.17, 15) is 0 Å². The van der Waals surface area contributed by atoms with E-state index in [2.05, 4.69) is 57.4 Å². The fourth-order valence-corrected chi connectivity index (χ4v) is 5.66. The highest BCUT2D eigenvalue weighted by atomic mass is 16.3. The summed E-state index contributed by atoms with van der Waals surface area (Å²) in [6.07, 6.45) is 8.27. The van der Waals surface area contributed by atoms with Crippen molar-refractivity contribution < 1.29 is 9.90 Å². The van der Waals surface area contributed by atoms with E-state index >= 15 is 0 Å². The number of nitrogens with one attached hydrogen (secondary N) is 1. The number of carbonyl (C=O) groups is 1. The van der Waals surface area contributed by atoms with Gasteiger partial charge < -0.3 is 14.9 Å². The molecule has 1 aromatic carbocycles. The topological polar surface area (TPSA) is 111 Å². The number of anilines is 1. The first-order chi connectivity index (χ1) is 18.0. The predicted molar refractivity (Wildman–Crippen MR) is 144 cm³/mol. The van der Waals surface area contributed by atoms with Crippen LogP contribution in [0.4, 0.5) is 5.82 Å². The van der Waals surface area contributed by atoms with Crippen molar-refractivity contribution in [1.29, 1.82) is 0 Å². The number of hydrogen-bond donors (Lipinski definition) is 2. The van der Waals surface area contributed by atoms with Gasteiger partial charge in [0, 0.05) is 42.8 Å². The Hall–Kier alpha value is -3.85. The Morgan fingerprint density at radius 1 is 1.08 bits per heavy atom. The largest absolute Gasteiger partial charge is 0.483 e. The molecule has 4 aromatic rings. The minimum absolute atomic E-state index is 0.250. The summed E-state index contributed by atoms with van der Waals surface area (Å²) in [5.41, 5.74) is 5.58. The standard InChI is InChI=1S/C27H31N7.CH2O2/c1-19-23(16-29-32-19)25-30-24-17-28-21(14-20-6-4-3-5-7-20)15-22(24)26(31-25)34-12-9-27(10-13-34)8-11-33(2)18-27;2-1-3/h3-7,15-17H,8-14,18H2,1-2H3,(H,29,32);1H,(H,2,3). The quantitative estimate of drug-likeness (QED) is 0.406. The van der Waals surface area contributed by atoms with E-state index in [0.29, 0.717) is 11.2 Å². The van der Waals surface area contributed by atoms with E-state index < -0.39 is 0 Å². The van der Waals surface area contributed by atoms with Crippen LogP contribution in [0.3, 0.4) is 0 Å². The van der Waals surface area contributed by atoms with Gasteiger partial charge in [-0.15, -0.1) is 0 Å². The minimum Gasteiger partial charge on any atom is -0.483 e. The van der Waals surface area contributed by atoms with Crippen LogP contribution in [-0.2, 0) is 11.2 Å². The van der Waals surface area contributed by atoms with Crippen molar-refractivity contribution in [3.05, 3.63) is 65.7 Å². The zero-order valence-electron chi connectivity index (χ0n) is 21.4. The number of likely N-dealkylation sites (tertiary alicyclic amines) is 1. The Kier molecular flexibility index (Phi) is 7.14. The zero-order chi connectivity index (χ0) is 25.8. The van der Waals surface area contributed by atoms with Gasteiger partial charge in [0.25, 0.3) is 6.47 Å². The normalized spacial score (nSPS) is 17.1. The maximum atomic E-state index is 8.36. The Morgan fingerprint density at radius 2 is 1.81 bits per heavy atom. The SMILES string of the molecule is Cc1[nH]ncc1-c1nc(N2CCC3(CCN(C)C3)CC2)c2cc(Cc3ccccc3)ncc2n1.O=CO. The fourth-order valence-electron chi connectivity index (χ4n) is 5.66. The van der Waals surface area contributed by atoms with Crippen LogP contribution in [-0.4, -0.2) is 74.9 Å². The van der Waals surface area contributed by atoms with Crippen molar-refractivity contribution in [3.63, 3.8) is 0 Å². The summed E-state index contributed by atoms with van der Waals surface area (Å²) in [5, 5.41) is 15.2. The van der Waals surface area contributed by atoms with Gasteiger partial charge in [-0.2, -0.15) is 5.10 Å². The molecule has 37 heavy (non-hydrogen) atoms. The number of benzene rings is 1. The average molecular weight is 500 g/mol. The number of H-pyrrole nitrogens is 1. The van der Waals surface area contributed by atoms with Crippen molar-refractivity contribution in [2.24, 2.45) is 5.41 Å². The molecule has 3 aromatic heterocycles. The highest BCUT2D eigenvalue weighted by Crippen LogP contribution is 2.41. The maximum absolute atomic E-state index is 8.36. The molecule has 9 heteroatoms. The molecule has 2 N–H and O–H groups in total. The Balaban J connectivity index is 0.000000892. The lowest BCUT2D eigenvalue weighted by Crippen LogP contribution is -2.41. The Bertz CT molecular complexity index is 1360. The van der Waals surface area contributed by atoms with Crippen molar-refractivity contribution in [3.8, 4) is 11.4 Å². The first kappa shape index (κ1) is 24.8. The molecule has 0 bridgehead atoms. The summed E-state index contributed by atoms with van der Waals surface area (Å²) in [6.45, 7) is 6.25. The minimum atomic E-state index is -0.250. The first-order valence-electron chi connectivity index (χ1n) is 12.7. The maximum Gasteiger partial charge on any atom is 0.290 e. The molecule has 0 atom stereocenters. The highest BCUT2D eigenvalue weighted by Gasteiger charge is 2.39. The van der Waals surface area contributed by atoms with Crippen molar-refractivity contribution in [2.75, 3.05) is 38.1 Å².